The second-order valence-electron chi connectivity index (χ2n) is 4.76. The van der Waals surface area contributed by atoms with Crippen LogP contribution in [0.5, 0.6) is 0 Å². The van der Waals surface area contributed by atoms with Crippen LogP contribution in [0.1, 0.15) is 12.5 Å². The molecule has 0 fully saturated rings. The summed E-state index contributed by atoms with van der Waals surface area (Å²) in [5, 5.41) is 2.78. The van der Waals surface area contributed by atoms with E-state index < -0.39 is 0 Å². The first-order valence-corrected chi connectivity index (χ1v) is 13.2. The van der Waals surface area contributed by atoms with Crippen LogP contribution < -0.4 is 24.8 Å². The molecule has 0 aromatic heterocycles. The monoisotopic (exact) mass is 426 g/mol. The van der Waals surface area contributed by atoms with Gasteiger partial charge >= 0.3 is 41.9 Å². The molecule has 0 amide bonds. The molecular formula is C18H22Cl2SiZr-2. The molecule has 3 aromatic rings. The molecule has 0 aliphatic heterocycles. The van der Waals surface area contributed by atoms with Gasteiger partial charge in [0.2, 0.25) is 0 Å². The summed E-state index contributed by atoms with van der Waals surface area (Å²) in [6, 6.07) is 22.9. The van der Waals surface area contributed by atoms with Crippen LogP contribution in [0.15, 0.2) is 66.7 Å². The molecule has 0 heterocycles. The third kappa shape index (κ3) is 9.79. The first-order chi connectivity index (χ1) is 9.65. The number of rotatable bonds is 1. The van der Waals surface area contributed by atoms with Gasteiger partial charge in [-0.3, -0.25) is 0 Å². The minimum Gasteiger partial charge on any atom is -1.00 e. The predicted molar refractivity (Wildman–Crippen MR) is 88.4 cm³/mol. The van der Waals surface area contributed by atoms with E-state index in [1.54, 1.807) is 23.3 Å². The summed E-state index contributed by atoms with van der Waals surface area (Å²) in [6.45, 7) is 6.81. The molecule has 118 valence electrons. The molecule has 0 bridgehead atoms. The van der Waals surface area contributed by atoms with Crippen LogP contribution >= 0.6 is 0 Å². The van der Waals surface area contributed by atoms with Crippen molar-refractivity contribution < 1.29 is 48.1 Å². The van der Waals surface area contributed by atoms with Crippen molar-refractivity contribution in [2.75, 3.05) is 0 Å². The van der Waals surface area contributed by atoms with Crippen LogP contribution in [0.4, 0.5) is 0 Å². The normalized spacial score (nSPS) is 8.41. The molecule has 0 aliphatic carbocycles. The van der Waals surface area contributed by atoms with Gasteiger partial charge in [-0.15, -0.1) is 34.5 Å². The molecule has 0 saturated carbocycles. The van der Waals surface area contributed by atoms with E-state index in [-0.39, 0.29) is 30.2 Å². The molecule has 3 rings (SSSR count). The zero-order valence-electron chi connectivity index (χ0n) is 13.3. The zero-order valence-corrected chi connectivity index (χ0v) is 18.3. The molecular weight excluding hydrogens is 406 g/mol. The van der Waals surface area contributed by atoms with Gasteiger partial charge in [-0.1, -0.05) is 19.4 Å². The Morgan fingerprint density at radius 3 is 2.00 bits per heavy atom. The van der Waals surface area contributed by atoms with Gasteiger partial charge in [-0.05, 0) is 0 Å². The Labute approximate surface area is 162 Å². The smallest absolute Gasteiger partial charge is 0.172 e. The quantitative estimate of drug-likeness (QED) is 0.356. The number of hydrogen-bond acceptors (Lipinski definition) is 0. The Hall–Kier alpha value is -0.140. The number of aryl methyl sites for hydroxylation is 1. The summed E-state index contributed by atoms with van der Waals surface area (Å²) in [7, 11) is 0. The van der Waals surface area contributed by atoms with Crippen molar-refractivity contribution in [3.8, 4) is 0 Å². The third-order valence-corrected chi connectivity index (χ3v) is 2.71. The fourth-order valence-electron chi connectivity index (χ4n) is 1.86. The van der Waals surface area contributed by atoms with Crippen molar-refractivity contribution in [3.63, 3.8) is 0 Å². The molecule has 3 aromatic carbocycles. The Kier molecular flexibility index (Phi) is 15.8. The van der Waals surface area contributed by atoms with Crippen LogP contribution in [0.25, 0.3) is 10.8 Å². The second-order valence-corrected chi connectivity index (χ2v) is 14.1. The van der Waals surface area contributed by atoms with E-state index in [0.717, 1.165) is 6.42 Å². The van der Waals surface area contributed by atoms with E-state index in [4.69, 9.17) is 0 Å². The van der Waals surface area contributed by atoms with Crippen LogP contribution in [-0.2, 0) is 29.8 Å². The molecule has 0 aliphatic rings. The SMILES string of the molecule is CCc1cccc2cc[cH-]c12.C[Si](C)=[Zr+2].[Cl-].[Cl-].c1cc[cH-]c1. The van der Waals surface area contributed by atoms with E-state index in [1.807, 2.05) is 30.3 Å². The largest absolute Gasteiger partial charge is 1.00 e. The van der Waals surface area contributed by atoms with Gasteiger partial charge in [0, 0.05) is 0 Å². The molecule has 22 heavy (non-hydrogen) atoms. The van der Waals surface area contributed by atoms with Crippen LogP contribution in [-0.4, -0.2) is 5.43 Å². The number of fused-ring (bicyclic) bond motifs is 1. The molecule has 0 radical (unpaired) electrons. The molecule has 0 spiro atoms. The van der Waals surface area contributed by atoms with Crippen LogP contribution in [0.3, 0.4) is 0 Å². The fraction of sp³-hybridized carbons (Fsp3) is 0.222. The predicted octanol–water partition coefficient (Wildman–Crippen LogP) is -0.681. The van der Waals surface area contributed by atoms with E-state index in [2.05, 4.69) is 56.4 Å². The van der Waals surface area contributed by atoms with Gasteiger partial charge < -0.3 is 24.8 Å². The molecule has 0 saturated heterocycles. The van der Waals surface area contributed by atoms with Crippen molar-refractivity contribution in [1.82, 2.24) is 0 Å². The van der Waals surface area contributed by atoms with E-state index >= 15 is 0 Å². The standard InChI is InChI=1S/C11H11.C5H5.C2H6Si.2ClH.Zr/c1-2-9-5-3-6-10-7-4-8-11(9)10;1-2-4-5-3-1;1-3-2;;;/h3-8H,2H2,1H3;1-5H;1-2H3;2*1H;/q2*-1;;;;+2/p-2. The van der Waals surface area contributed by atoms with Crippen LogP contribution in [0, 0.1) is 0 Å². The van der Waals surface area contributed by atoms with E-state index in [9.17, 15) is 0 Å². The average molecular weight is 429 g/mol. The maximum atomic E-state index is 2.31. The molecule has 0 N–H and O–H groups in total. The summed E-state index contributed by atoms with van der Waals surface area (Å²) in [6.07, 6.45) is 1.13. The molecule has 0 unspecified atom stereocenters. The Balaban J connectivity index is 0. The average Bonchev–Trinajstić information content (AvgIpc) is 3.11. The minimum absolute atomic E-state index is 0. The van der Waals surface area contributed by atoms with Crippen molar-refractivity contribution in [3.05, 3.63) is 72.3 Å². The van der Waals surface area contributed by atoms with Gasteiger partial charge in [0.05, 0.1) is 0 Å². The Morgan fingerprint density at radius 1 is 0.955 bits per heavy atom. The summed E-state index contributed by atoms with van der Waals surface area (Å²) in [4.78, 5) is 0. The Bertz CT molecular complexity index is 594. The maximum absolute atomic E-state index is 2.31. The maximum Gasteiger partial charge on any atom is -0.172 e. The number of benzene rings is 1. The van der Waals surface area contributed by atoms with Gasteiger partial charge in [0.15, 0.2) is 0 Å². The summed E-state index contributed by atoms with van der Waals surface area (Å²) < 4.78 is 0. The topological polar surface area (TPSA) is 0 Å². The fourth-order valence-corrected chi connectivity index (χ4v) is 1.86. The van der Waals surface area contributed by atoms with Gasteiger partial charge in [-0.2, -0.15) is 30.3 Å². The first kappa shape index (κ1) is 24.1. The second kappa shape index (κ2) is 14.5. The van der Waals surface area contributed by atoms with Crippen molar-refractivity contribution in [2.24, 2.45) is 0 Å². The van der Waals surface area contributed by atoms with E-state index in [1.165, 1.54) is 16.3 Å². The molecule has 0 nitrogen and oxygen atoms in total. The van der Waals surface area contributed by atoms with Gasteiger partial charge in [0.1, 0.15) is 0 Å². The van der Waals surface area contributed by atoms with Crippen LogP contribution in [0.2, 0.25) is 13.1 Å². The summed E-state index contributed by atoms with van der Waals surface area (Å²) in [5.41, 5.74) is 1.66. The van der Waals surface area contributed by atoms with E-state index in [0.29, 0.717) is 0 Å². The minimum atomic E-state index is 0. The number of halogens is 2. The molecule has 0 atom stereocenters. The van der Waals surface area contributed by atoms with Crippen molar-refractivity contribution >= 4 is 16.2 Å². The summed E-state index contributed by atoms with van der Waals surface area (Å²) >= 11 is 1.74. The van der Waals surface area contributed by atoms with Crippen molar-refractivity contribution in [1.29, 1.82) is 0 Å². The number of hydrogen-bond donors (Lipinski definition) is 0. The van der Waals surface area contributed by atoms with Gasteiger partial charge in [0.25, 0.3) is 0 Å². The molecule has 4 heteroatoms. The Morgan fingerprint density at radius 2 is 1.55 bits per heavy atom. The van der Waals surface area contributed by atoms with Crippen molar-refractivity contribution in [2.45, 2.75) is 26.4 Å². The summed E-state index contributed by atoms with van der Waals surface area (Å²) in [5.74, 6) is 0. The first-order valence-electron chi connectivity index (χ1n) is 6.97. The van der Waals surface area contributed by atoms with Gasteiger partial charge in [-0.25, -0.2) is 12.1 Å². The zero-order chi connectivity index (χ0) is 14.8. The third-order valence-electron chi connectivity index (χ3n) is 2.71.